The van der Waals surface area contributed by atoms with Gasteiger partial charge in [-0.3, -0.25) is 8.78 Å². The van der Waals surface area contributed by atoms with Crippen LogP contribution in [-0.2, 0) is 4.79 Å². The molecular weight excluding hydrogens is 144 g/mol. The van der Waals surface area contributed by atoms with Crippen LogP contribution >= 0.6 is 0 Å². The van der Waals surface area contributed by atoms with Crippen LogP contribution in [0.2, 0.25) is 6.55 Å². The van der Waals surface area contributed by atoms with Crippen molar-refractivity contribution in [2.24, 2.45) is 4.66 Å². The molecule has 0 rings (SSSR count). The van der Waals surface area contributed by atoms with Gasteiger partial charge in [0.1, 0.15) is 12.6 Å². The summed E-state index contributed by atoms with van der Waals surface area (Å²) < 4.78 is 26.6. The molecule has 0 saturated carbocycles. The summed E-state index contributed by atoms with van der Waals surface area (Å²) in [5, 5.41) is 0. The molecule has 0 aromatic carbocycles. The fraction of sp³-hybridized carbons (Fsp3) is 0.750. The normalized spacial score (nSPS) is 10.6. The van der Waals surface area contributed by atoms with Crippen molar-refractivity contribution in [3.63, 3.8) is 0 Å². The predicted octanol–water partition coefficient (Wildman–Crippen LogP) is 0.915. The number of alkyl halides is 2. The van der Waals surface area contributed by atoms with Crippen molar-refractivity contribution in [1.82, 2.24) is 0 Å². The van der Waals surface area contributed by atoms with E-state index in [-0.39, 0.29) is 0 Å². The van der Waals surface area contributed by atoms with Gasteiger partial charge >= 0.3 is 0 Å². The standard InChI is InChI=1S/C4H7F2NOSi/c1-9(2-5,3-6)7-4-8/h2-3H2,1H3. The van der Waals surface area contributed by atoms with Crippen molar-refractivity contribution in [1.29, 1.82) is 0 Å². The maximum Gasteiger partial charge on any atom is 0.255 e. The molecule has 0 heterocycles. The van der Waals surface area contributed by atoms with Gasteiger partial charge in [-0.05, 0) is 6.55 Å². The smallest absolute Gasteiger partial charge is 0.252 e. The number of halogens is 2. The van der Waals surface area contributed by atoms with Crippen molar-refractivity contribution in [3.8, 4) is 0 Å². The maximum atomic E-state index is 11.8. The number of rotatable bonds is 3. The Morgan fingerprint density at radius 2 is 2.00 bits per heavy atom. The third-order valence-electron chi connectivity index (χ3n) is 0.891. The molecule has 0 atom stereocenters. The first-order valence-electron chi connectivity index (χ1n) is 2.39. The lowest BCUT2D eigenvalue weighted by atomic mass is 11.7. The Balaban J connectivity index is 4.08. The zero-order valence-electron chi connectivity index (χ0n) is 5.03. The molecule has 0 saturated heterocycles. The van der Waals surface area contributed by atoms with Gasteiger partial charge in [0.25, 0.3) is 8.24 Å². The van der Waals surface area contributed by atoms with Crippen molar-refractivity contribution in [2.45, 2.75) is 6.55 Å². The lowest BCUT2D eigenvalue weighted by Gasteiger charge is -2.08. The Bertz CT molecular complexity index is 131. The second-order valence-corrected chi connectivity index (χ2v) is 5.72. The van der Waals surface area contributed by atoms with Gasteiger partial charge in [-0.25, -0.2) is 9.45 Å². The molecule has 52 valence electrons. The number of nitrogens with zero attached hydrogens (tertiary/aromatic N) is 1. The molecule has 0 N–H and O–H groups in total. The van der Waals surface area contributed by atoms with Crippen molar-refractivity contribution in [3.05, 3.63) is 0 Å². The zero-order valence-corrected chi connectivity index (χ0v) is 6.03. The Hall–Kier alpha value is -0.543. The molecule has 2 nitrogen and oxygen atoms in total. The first kappa shape index (κ1) is 8.46. The minimum Gasteiger partial charge on any atom is -0.252 e. The molecule has 0 aliphatic carbocycles. The second-order valence-electron chi connectivity index (χ2n) is 1.97. The fourth-order valence-corrected chi connectivity index (χ4v) is 0.617. The summed E-state index contributed by atoms with van der Waals surface area (Å²) in [4.78, 5) is 9.55. The number of isocyanates is 1. The van der Waals surface area contributed by atoms with Crippen LogP contribution in [0, 0.1) is 0 Å². The SMILES string of the molecule is C[Si](CF)(CF)N=C=O. The molecular formula is C4H7F2NOSi. The summed E-state index contributed by atoms with van der Waals surface area (Å²) >= 11 is 0. The molecule has 0 bridgehead atoms. The first-order valence-corrected chi connectivity index (χ1v) is 5.25. The second kappa shape index (κ2) is 3.48. The molecule has 0 radical (unpaired) electrons. The van der Waals surface area contributed by atoms with E-state index < -0.39 is 20.8 Å². The van der Waals surface area contributed by atoms with Crippen molar-refractivity contribution < 1.29 is 13.6 Å². The van der Waals surface area contributed by atoms with Gasteiger partial charge < -0.3 is 0 Å². The number of hydrogen-bond acceptors (Lipinski definition) is 2. The van der Waals surface area contributed by atoms with Gasteiger partial charge in [0.05, 0.1) is 0 Å². The van der Waals surface area contributed by atoms with Crippen LogP contribution in [0.1, 0.15) is 0 Å². The molecule has 0 aromatic heterocycles. The van der Waals surface area contributed by atoms with Crippen LogP contribution in [0.15, 0.2) is 4.66 Å². The summed E-state index contributed by atoms with van der Waals surface area (Å²) in [6, 6.07) is 0. The lowest BCUT2D eigenvalue weighted by molar-refractivity contribution is 0.531. The highest BCUT2D eigenvalue weighted by Crippen LogP contribution is 2.04. The molecule has 0 spiro atoms. The van der Waals surface area contributed by atoms with Crippen LogP contribution in [-0.4, -0.2) is 26.9 Å². The van der Waals surface area contributed by atoms with Crippen LogP contribution in [0.3, 0.4) is 0 Å². The monoisotopic (exact) mass is 151 g/mol. The van der Waals surface area contributed by atoms with Crippen LogP contribution in [0.25, 0.3) is 0 Å². The van der Waals surface area contributed by atoms with E-state index in [0.717, 1.165) is 0 Å². The first-order chi connectivity index (χ1) is 4.18. The molecule has 0 aliphatic rings. The van der Waals surface area contributed by atoms with E-state index in [1.807, 2.05) is 0 Å². The summed E-state index contributed by atoms with van der Waals surface area (Å²) in [6.07, 6.45) is -0.502. The highest BCUT2D eigenvalue weighted by molar-refractivity contribution is 6.77. The van der Waals surface area contributed by atoms with Gasteiger partial charge in [-0.1, -0.05) is 0 Å². The minimum atomic E-state index is -2.83. The average Bonchev–Trinajstić information content (AvgIpc) is 1.89. The van der Waals surface area contributed by atoms with Crippen LogP contribution in [0.5, 0.6) is 0 Å². The Kier molecular flexibility index (Phi) is 3.27. The van der Waals surface area contributed by atoms with Gasteiger partial charge in [0.15, 0.2) is 0 Å². The highest BCUT2D eigenvalue weighted by atomic mass is 28.3. The molecule has 0 unspecified atom stereocenters. The van der Waals surface area contributed by atoms with E-state index in [0.29, 0.717) is 0 Å². The van der Waals surface area contributed by atoms with Crippen LogP contribution < -0.4 is 0 Å². The number of carbonyl (C=O) groups excluding carboxylic acids is 1. The van der Waals surface area contributed by atoms with Gasteiger partial charge in [0.2, 0.25) is 6.08 Å². The molecule has 5 heteroatoms. The summed E-state index contributed by atoms with van der Waals surface area (Å²) in [5.74, 6) is 0. The summed E-state index contributed by atoms with van der Waals surface area (Å²) in [6.45, 7) is 1.35. The van der Waals surface area contributed by atoms with Crippen molar-refractivity contribution in [2.75, 3.05) is 12.6 Å². The topological polar surface area (TPSA) is 29.4 Å². The van der Waals surface area contributed by atoms with Gasteiger partial charge in [0, 0.05) is 0 Å². The van der Waals surface area contributed by atoms with Crippen molar-refractivity contribution >= 4 is 14.3 Å². The van der Waals surface area contributed by atoms with E-state index >= 15 is 0 Å². The summed E-state index contributed by atoms with van der Waals surface area (Å²) in [5.41, 5.74) is 0. The van der Waals surface area contributed by atoms with E-state index in [4.69, 9.17) is 0 Å². The van der Waals surface area contributed by atoms with Gasteiger partial charge in [-0.2, -0.15) is 0 Å². The predicted molar refractivity (Wildman–Crippen MR) is 31.7 cm³/mol. The third-order valence-corrected chi connectivity index (χ3v) is 2.67. The van der Waals surface area contributed by atoms with Gasteiger partial charge in [-0.15, -0.1) is 0 Å². The molecule has 0 aliphatic heterocycles. The molecule has 9 heavy (non-hydrogen) atoms. The maximum absolute atomic E-state index is 11.8. The van der Waals surface area contributed by atoms with E-state index in [2.05, 4.69) is 4.66 Å². The van der Waals surface area contributed by atoms with E-state index in [9.17, 15) is 13.6 Å². The number of hydrogen-bond donors (Lipinski definition) is 0. The quantitative estimate of drug-likeness (QED) is 0.335. The fourth-order valence-electron chi connectivity index (χ4n) is 0.206. The van der Waals surface area contributed by atoms with E-state index in [1.54, 1.807) is 0 Å². The average molecular weight is 151 g/mol. The lowest BCUT2D eigenvalue weighted by Crippen LogP contribution is -2.34. The van der Waals surface area contributed by atoms with E-state index in [1.165, 1.54) is 12.6 Å². The van der Waals surface area contributed by atoms with Crippen LogP contribution in [0.4, 0.5) is 8.78 Å². The molecule has 0 aromatic rings. The Morgan fingerprint density at radius 3 is 2.11 bits per heavy atom. The molecule has 0 amide bonds. The largest absolute Gasteiger partial charge is 0.255 e. The third kappa shape index (κ3) is 2.48. The zero-order chi connectivity index (χ0) is 7.33. The Labute approximate surface area is 52.7 Å². The molecule has 0 fully saturated rings. The minimum absolute atomic E-state index is 0.835. The summed E-state index contributed by atoms with van der Waals surface area (Å²) in [7, 11) is -2.83. The highest BCUT2D eigenvalue weighted by Gasteiger charge is 2.27. The Morgan fingerprint density at radius 1 is 1.56 bits per heavy atom.